The lowest BCUT2D eigenvalue weighted by Crippen LogP contribution is -2.61. The molecule has 0 bridgehead atoms. The second kappa shape index (κ2) is 40.5. The predicted molar refractivity (Wildman–Crippen MR) is 371 cm³/mol. The number of nitrogens with zero attached hydrogens (tertiary/aromatic N) is 2. The number of imidazole rings is 2. The van der Waals surface area contributed by atoms with Crippen LogP contribution in [0.25, 0.3) is 0 Å². The van der Waals surface area contributed by atoms with Crippen LogP contribution in [0.4, 0.5) is 0 Å². The van der Waals surface area contributed by atoms with Gasteiger partial charge in [0.05, 0.1) is 25.1 Å². The van der Waals surface area contributed by atoms with E-state index >= 15 is 0 Å². The topological polar surface area (TPSA) is 614 Å². The molecule has 0 aliphatic rings. The van der Waals surface area contributed by atoms with E-state index in [9.17, 15) is 77.6 Å². The van der Waals surface area contributed by atoms with Gasteiger partial charge in [0.25, 0.3) is 0 Å². The van der Waals surface area contributed by atoms with Crippen LogP contribution in [0.3, 0.4) is 0 Å². The fourth-order valence-corrected chi connectivity index (χ4v) is 10.6. The number of benzene rings is 4. The highest BCUT2D eigenvalue weighted by Crippen LogP contribution is 2.17. The Hall–Kier alpha value is -12.8. The molecule has 0 spiro atoms. The highest BCUT2D eigenvalue weighted by Gasteiger charge is 2.37. The number of carboxylic acids is 1. The molecule has 10 atom stereocenters. The van der Waals surface area contributed by atoms with Crippen molar-refractivity contribution in [3.8, 4) is 11.5 Å². The third-order valence-corrected chi connectivity index (χ3v) is 16.1. The van der Waals surface area contributed by atoms with E-state index in [2.05, 4.69) is 73.1 Å². The van der Waals surface area contributed by atoms with Gasteiger partial charge in [0.1, 0.15) is 65.9 Å². The zero-order valence-corrected chi connectivity index (χ0v) is 56.3. The van der Waals surface area contributed by atoms with E-state index in [0.29, 0.717) is 34.5 Å². The monoisotopic (exact) mass is 1440 g/mol. The normalized spacial score (nSPS) is 13.8. The Kier molecular flexibility index (Phi) is 31.2. The first kappa shape index (κ1) is 80.2. The number of primary amides is 3. The largest absolute Gasteiger partial charge is 0.508 e. The lowest BCUT2D eigenvalue weighted by Gasteiger charge is -2.28. The number of nitrogens with one attached hydrogen (secondary N) is 13. The first-order chi connectivity index (χ1) is 49.6. The summed E-state index contributed by atoms with van der Waals surface area (Å²) >= 11 is 0. The molecule has 0 saturated carbocycles. The van der Waals surface area contributed by atoms with Crippen molar-refractivity contribution < 1.29 is 77.6 Å². The third-order valence-electron chi connectivity index (χ3n) is 16.1. The van der Waals surface area contributed by atoms with E-state index in [-0.39, 0.29) is 68.1 Å². The second-order valence-electron chi connectivity index (χ2n) is 24.3. The van der Waals surface area contributed by atoms with Gasteiger partial charge in [-0.05, 0) is 72.2 Å². The van der Waals surface area contributed by atoms with Crippen LogP contribution < -0.4 is 81.8 Å². The number of amides is 12. The molecule has 36 heteroatoms. The van der Waals surface area contributed by atoms with Crippen LogP contribution >= 0.6 is 0 Å². The number of H-pyrrole nitrogens is 2. The molecule has 2 aromatic heterocycles. The first-order valence-corrected chi connectivity index (χ1v) is 32.8. The number of aliphatic carboxylic acids is 1. The standard InChI is InChI=1S/C68H86N20O16/c69-45(12-7-25-77-68(73)74)58(94)82-51(30-41-33-75-35-78-41)64(100)84-49(27-39-13-17-43(89)18-14-39)62(98)80-46(21-23-55(70)91)59(95)83-50(28-40-15-19-44(90)20-16-40)63(99)87-53(32-57(72)93)66(102)85-48(26-37-8-3-1-4-9-37)61(97)81-47(22-24-56(71)92)60(96)86-52(31-42-34-76-36-79-42)65(101)88-54(67(103)104)29-38-10-5-2-6-11-38/h1-6,8-11,13-20,33-36,45-54,89-90H,7,12,21-32,69H2,(H2,70,91)(H2,71,92)(H2,72,93)(H,75,78)(H,76,79)(H,80,98)(H,81,97)(H,82,94)(H,83,95)(H,84,100)(H,85,102)(H,86,96)(H,87,99)(H,88,101)(H,103,104)(H4,73,74,77)/t45-,46-,47-,48-,49-,50-,51-,52-,53-,54-/m0/s1. The van der Waals surface area contributed by atoms with Crippen LogP contribution in [0, 0.1) is 5.41 Å². The quantitative estimate of drug-likeness (QED) is 0.00979. The number of phenolic OH excluding ortho intramolecular Hbond substituents is 2. The average Bonchev–Trinajstić information content (AvgIpc) is 0.876. The van der Waals surface area contributed by atoms with Gasteiger partial charge in [-0.2, -0.15) is 0 Å². The Balaban J connectivity index is 1.27. The van der Waals surface area contributed by atoms with E-state index in [1.165, 1.54) is 73.6 Å². The minimum atomic E-state index is -1.97. The van der Waals surface area contributed by atoms with Gasteiger partial charge < -0.3 is 107 Å². The molecule has 36 nitrogen and oxygen atoms in total. The van der Waals surface area contributed by atoms with Gasteiger partial charge in [0, 0.05) is 81.7 Å². The van der Waals surface area contributed by atoms with Crippen molar-refractivity contribution in [2.24, 2.45) is 28.7 Å². The van der Waals surface area contributed by atoms with Crippen molar-refractivity contribution in [2.45, 2.75) is 144 Å². The van der Waals surface area contributed by atoms with Gasteiger partial charge in [0.2, 0.25) is 70.9 Å². The van der Waals surface area contributed by atoms with E-state index < -0.39 is 176 Å². The molecule has 0 unspecified atom stereocenters. The predicted octanol–water partition coefficient (Wildman–Crippen LogP) is -4.26. The van der Waals surface area contributed by atoms with Crippen molar-refractivity contribution in [3.63, 3.8) is 0 Å². The molecule has 26 N–H and O–H groups in total. The molecule has 0 aliphatic carbocycles. The molecule has 0 radical (unpaired) electrons. The molecule has 6 rings (SSSR count). The van der Waals surface area contributed by atoms with Crippen LogP contribution in [0.5, 0.6) is 11.5 Å². The van der Waals surface area contributed by atoms with Crippen LogP contribution in [-0.4, -0.2) is 185 Å². The molecular weight excluding hydrogens is 1350 g/mol. The van der Waals surface area contributed by atoms with Crippen molar-refractivity contribution in [3.05, 3.63) is 168 Å². The van der Waals surface area contributed by atoms with E-state index in [4.69, 9.17) is 34.1 Å². The van der Waals surface area contributed by atoms with Crippen LogP contribution in [0.1, 0.15) is 78.6 Å². The molecule has 6 aromatic rings. The van der Waals surface area contributed by atoms with Gasteiger partial charge in [-0.25, -0.2) is 14.8 Å². The van der Waals surface area contributed by atoms with Gasteiger partial charge in [-0.15, -0.1) is 0 Å². The Morgan fingerprint density at radius 2 is 0.712 bits per heavy atom. The Bertz CT molecular complexity index is 3910. The summed E-state index contributed by atoms with van der Waals surface area (Å²) in [4.78, 5) is 194. The number of guanidine groups is 1. The zero-order chi connectivity index (χ0) is 75.8. The summed E-state index contributed by atoms with van der Waals surface area (Å²) < 4.78 is 0. The molecule has 0 aliphatic heterocycles. The SMILES string of the molecule is N=C(N)NCCC[C@H](N)C(=O)N[C@@H](Cc1cnc[nH]1)C(=O)N[C@@H](Cc1ccc(O)cc1)C(=O)N[C@@H](CCC(N)=O)C(=O)N[C@@H](Cc1ccc(O)cc1)C(=O)N[C@@H](CC(N)=O)C(=O)N[C@@H](Cc1ccccc1)C(=O)N[C@@H](CCC(N)=O)C(=O)N[C@@H](Cc1cnc[nH]1)C(=O)N[C@@H](Cc1ccccc1)C(=O)O. The lowest BCUT2D eigenvalue weighted by atomic mass is 10.0. The minimum absolute atomic E-state index is 0.0935. The van der Waals surface area contributed by atoms with E-state index in [0.717, 1.165) is 0 Å². The number of nitrogens with two attached hydrogens (primary N) is 5. The summed E-state index contributed by atoms with van der Waals surface area (Å²) in [5.74, 6) is -14.6. The summed E-state index contributed by atoms with van der Waals surface area (Å²) in [7, 11) is 0. The third kappa shape index (κ3) is 27.7. The summed E-state index contributed by atoms with van der Waals surface area (Å²) in [5, 5.41) is 63.1. The van der Waals surface area contributed by atoms with Crippen LogP contribution in [-0.2, 0) is 101 Å². The van der Waals surface area contributed by atoms with Crippen molar-refractivity contribution in [1.29, 1.82) is 5.41 Å². The highest BCUT2D eigenvalue weighted by molar-refractivity contribution is 6.00. The number of aromatic nitrogens is 4. The molecule has 12 amide bonds. The van der Waals surface area contributed by atoms with Gasteiger partial charge in [-0.1, -0.05) is 84.9 Å². The number of aromatic hydroxyl groups is 2. The first-order valence-electron chi connectivity index (χ1n) is 32.8. The van der Waals surface area contributed by atoms with Gasteiger partial charge >= 0.3 is 5.97 Å². The van der Waals surface area contributed by atoms with Crippen molar-refractivity contribution >= 4 is 82.8 Å². The number of hydrogen-bond acceptors (Lipinski definition) is 19. The fraction of sp³-hybridized carbons (Fsp3) is 0.353. The molecule has 0 saturated heterocycles. The van der Waals surface area contributed by atoms with E-state index in [1.54, 1.807) is 60.7 Å². The number of carboxylic acid groups (broad SMARTS) is 1. The average molecular weight is 1440 g/mol. The summed E-state index contributed by atoms with van der Waals surface area (Å²) in [5.41, 5.74) is 30.6. The Morgan fingerprint density at radius 1 is 0.394 bits per heavy atom. The second-order valence-corrected chi connectivity index (χ2v) is 24.3. The van der Waals surface area contributed by atoms with Gasteiger partial charge in [-0.3, -0.25) is 62.9 Å². The van der Waals surface area contributed by atoms with Crippen molar-refractivity contribution in [2.75, 3.05) is 6.54 Å². The lowest BCUT2D eigenvalue weighted by molar-refractivity contribution is -0.142. The number of hydrogen-bond donors (Lipinski definition) is 21. The van der Waals surface area contributed by atoms with Crippen molar-refractivity contribution in [1.82, 2.24) is 73.1 Å². The maximum absolute atomic E-state index is 14.9. The number of aromatic amines is 2. The maximum Gasteiger partial charge on any atom is 0.326 e. The van der Waals surface area contributed by atoms with Crippen LogP contribution in [0.2, 0.25) is 0 Å². The molecule has 4 aromatic carbocycles. The molecule has 2 heterocycles. The molecule has 0 fully saturated rings. The molecular formula is C68H86N20O16. The number of carbonyl (C=O) groups excluding carboxylic acids is 12. The molecule has 554 valence electrons. The summed E-state index contributed by atoms with van der Waals surface area (Å²) in [6.45, 7) is 0.211. The fourth-order valence-electron chi connectivity index (χ4n) is 10.6. The van der Waals surface area contributed by atoms with Crippen LogP contribution in [0.15, 0.2) is 134 Å². The number of rotatable bonds is 43. The minimum Gasteiger partial charge on any atom is -0.508 e. The zero-order valence-electron chi connectivity index (χ0n) is 56.3. The van der Waals surface area contributed by atoms with E-state index in [1.807, 2.05) is 0 Å². The Morgan fingerprint density at radius 3 is 1.06 bits per heavy atom. The van der Waals surface area contributed by atoms with Gasteiger partial charge in [0.15, 0.2) is 5.96 Å². The number of carbonyl (C=O) groups is 13. The maximum atomic E-state index is 14.9. The smallest absolute Gasteiger partial charge is 0.326 e. The summed E-state index contributed by atoms with van der Waals surface area (Å²) in [6.07, 6.45) is 0.910. The highest BCUT2D eigenvalue weighted by atomic mass is 16.4. The summed E-state index contributed by atoms with van der Waals surface area (Å²) in [6, 6.07) is 11.0. The molecule has 104 heavy (non-hydrogen) atoms. The number of phenols is 2. The Labute approximate surface area is 595 Å².